The summed E-state index contributed by atoms with van der Waals surface area (Å²) in [5.41, 5.74) is 1.51. The predicted octanol–water partition coefficient (Wildman–Crippen LogP) is 3.02. The first-order chi connectivity index (χ1) is 9.61. The molecule has 3 nitrogen and oxygen atoms in total. The van der Waals surface area contributed by atoms with E-state index in [4.69, 9.17) is 5.26 Å². The summed E-state index contributed by atoms with van der Waals surface area (Å²) in [6.07, 6.45) is 0. The van der Waals surface area contributed by atoms with E-state index in [0.717, 1.165) is 0 Å². The molecule has 0 amide bonds. The fourth-order valence-corrected chi connectivity index (χ4v) is 1.95. The molecule has 0 heterocycles. The normalized spacial score (nSPS) is 9.85. The first kappa shape index (κ1) is 13.8. The molecule has 0 fully saturated rings. The molecule has 100 valence electrons. The molecule has 0 saturated heterocycles. The summed E-state index contributed by atoms with van der Waals surface area (Å²) in [6, 6.07) is 14.7. The van der Waals surface area contributed by atoms with Gasteiger partial charge in [0.2, 0.25) is 0 Å². The number of benzene rings is 2. The lowest BCUT2D eigenvalue weighted by Gasteiger charge is -2.19. The predicted molar refractivity (Wildman–Crippen MR) is 75.2 cm³/mol. The topological polar surface area (TPSA) is 44.1 Å². The molecule has 0 aliphatic heterocycles. The van der Waals surface area contributed by atoms with Crippen molar-refractivity contribution < 1.29 is 9.18 Å². The van der Waals surface area contributed by atoms with Crippen LogP contribution < -0.4 is 4.90 Å². The van der Waals surface area contributed by atoms with Gasteiger partial charge in [-0.3, -0.25) is 4.79 Å². The molecule has 2 aromatic rings. The van der Waals surface area contributed by atoms with Crippen LogP contribution in [0.25, 0.3) is 0 Å². The van der Waals surface area contributed by atoms with Crippen LogP contribution in [0.3, 0.4) is 0 Å². The van der Waals surface area contributed by atoms with Gasteiger partial charge in [0.05, 0.1) is 17.8 Å². The summed E-state index contributed by atoms with van der Waals surface area (Å²) in [5.74, 6) is -0.629. The van der Waals surface area contributed by atoms with Crippen LogP contribution in [0, 0.1) is 17.1 Å². The summed E-state index contributed by atoms with van der Waals surface area (Å²) in [7, 11) is 1.73. The maximum absolute atomic E-state index is 13.1. The minimum absolute atomic E-state index is 0.0855. The fraction of sp³-hybridized carbons (Fsp3) is 0.125. The van der Waals surface area contributed by atoms with Gasteiger partial charge < -0.3 is 4.90 Å². The number of halogens is 1. The van der Waals surface area contributed by atoms with Crippen molar-refractivity contribution in [3.63, 3.8) is 0 Å². The van der Waals surface area contributed by atoms with Crippen molar-refractivity contribution in [1.29, 1.82) is 5.26 Å². The molecule has 0 aliphatic rings. The maximum atomic E-state index is 13.1. The third kappa shape index (κ3) is 3.01. The molecule has 0 saturated carbocycles. The molecule has 0 spiro atoms. The van der Waals surface area contributed by atoms with Crippen molar-refractivity contribution in [2.45, 2.75) is 0 Å². The summed E-state index contributed by atoms with van der Waals surface area (Å²) in [5, 5.41) is 9.04. The van der Waals surface area contributed by atoms with Crippen molar-refractivity contribution in [2.75, 3.05) is 18.5 Å². The van der Waals surface area contributed by atoms with E-state index in [1.54, 1.807) is 42.3 Å². The van der Waals surface area contributed by atoms with Crippen LogP contribution in [0.4, 0.5) is 10.1 Å². The molecule has 20 heavy (non-hydrogen) atoms. The third-order valence-corrected chi connectivity index (χ3v) is 2.96. The Morgan fingerprint density at radius 2 is 2.00 bits per heavy atom. The zero-order chi connectivity index (χ0) is 14.5. The summed E-state index contributed by atoms with van der Waals surface area (Å²) in [6.45, 7) is 0.0855. The van der Waals surface area contributed by atoms with E-state index in [1.807, 2.05) is 0 Å². The number of para-hydroxylation sites is 1. The molecule has 0 N–H and O–H groups in total. The highest BCUT2D eigenvalue weighted by atomic mass is 19.1. The van der Waals surface area contributed by atoms with Gasteiger partial charge in [-0.2, -0.15) is 5.26 Å². The molecular formula is C16H13FN2O. The molecule has 0 unspecified atom stereocenters. The van der Waals surface area contributed by atoms with E-state index in [1.165, 1.54) is 18.2 Å². The highest BCUT2D eigenvalue weighted by Crippen LogP contribution is 2.18. The molecule has 2 rings (SSSR count). The molecule has 0 radical (unpaired) electrons. The van der Waals surface area contributed by atoms with Gasteiger partial charge in [-0.05, 0) is 24.3 Å². The average Bonchev–Trinajstić information content (AvgIpc) is 2.47. The molecule has 0 atom stereocenters. The molecule has 2 aromatic carbocycles. The fourth-order valence-electron chi connectivity index (χ4n) is 1.95. The summed E-state index contributed by atoms with van der Waals surface area (Å²) in [4.78, 5) is 13.8. The van der Waals surface area contributed by atoms with Gasteiger partial charge >= 0.3 is 0 Å². The zero-order valence-corrected chi connectivity index (χ0v) is 11.0. The van der Waals surface area contributed by atoms with Crippen LogP contribution in [0.5, 0.6) is 0 Å². The van der Waals surface area contributed by atoms with E-state index in [9.17, 15) is 9.18 Å². The molecule has 4 heteroatoms. The first-order valence-corrected chi connectivity index (χ1v) is 6.11. The van der Waals surface area contributed by atoms with Crippen molar-refractivity contribution in [3.8, 4) is 6.07 Å². The number of rotatable bonds is 4. The number of anilines is 1. The summed E-state index contributed by atoms with van der Waals surface area (Å²) < 4.78 is 13.1. The van der Waals surface area contributed by atoms with E-state index in [0.29, 0.717) is 16.8 Å². The standard InChI is InChI=1S/C16H13FN2O/c1-19(15-8-3-2-5-13(15)10-18)11-16(20)12-6-4-7-14(17)9-12/h2-9H,11H2,1H3. The molecular weight excluding hydrogens is 255 g/mol. The lowest BCUT2D eigenvalue weighted by molar-refractivity contribution is 0.1000. The zero-order valence-electron chi connectivity index (χ0n) is 11.0. The van der Waals surface area contributed by atoms with Gasteiger partial charge in [-0.1, -0.05) is 24.3 Å². The number of nitrogens with zero attached hydrogens (tertiary/aromatic N) is 2. The van der Waals surface area contributed by atoms with E-state index >= 15 is 0 Å². The average molecular weight is 268 g/mol. The van der Waals surface area contributed by atoms with Crippen LogP contribution >= 0.6 is 0 Å². The highest BCUT2D eigenvalue weighted by molar-refractivity contribution is 5.99. The largest absolute Gasteiger partial charge is 0.366 e. The first-order valence-electron chi connectivity index (χ1n) is 6.11. The van der Waals surface area contributed by atoms with E-state index < -0.39 is 5.82 Å². The number of Topliss-reactive ketones (excluding diaryl/α,β-unsaturated/α-hetero) is 1. The van der Waals surface area contributed by atoms with Crippen LogP contribution in [0.15, 0.2) is 48.5 Å². The van der Waals surface area contributed by atoms with Gasteiger partial charge in [0.15, 0.2) is 5.78 Å². The second kappa shape index (κ2) is 5.98. The maximum Gasteiger partial charge on any atom is 0.182 e. The second-order valence-electron chi connectivity index (χ2n) is 4.42. The minimum atomic E-state index is -0.434. The van der Waals surface area contributed by atoms with Crippen LogP contribution in [-0.4, -0.2) is 19.4 Å². The minimum Gasteiger partial charge on any atom is -0.366 e. The van der Waals surface area contributed by atoms with E-state index in [2.05, 4.69) is 6.07 Å². The van der Waals surface area contributed by atoms with Crippen molar-refractivity contribution in [3.05, 3.63) is 65.5 Å². The van der Waals surface area contributed by atoms with Crippen molar-refractivity contribution >= 4 is 11.5 Å². The number of carbonyl (C=O) groups excluding carboxylic acids is 1. The Morgan fingerprint density at radius 1 is 1.25 bits per heavy atom. The Morgan fingerprint density at radius 3 is 2.70 bits per heavy atom. The lowest BCUT2D eigenvalue weighted by atomic mass is 10.1. The molecule has 0 bridgehead atoms. The van der Waals surface area contributed by atoms with Crippen LogP contribution in [0.2, 0.25) is 0 Å². The lowest BCUT2D eigenvalue weighted by Crippen LogP contribution is -2.26. The Bertz CT molecular complexity index is 676. The quantitative estimate of drug-likeness (QED) is 0.801. The number of nitriles is 1. The van der Waals surface area contributed by atoms with E-state index in [-0.39, 0.29) is 12.3 Å². The summed E-state index contributed by atoms with van der Waals surface area (Å²) >= 11 is 0. The van der Waals surface area contributed by atoms with Crippen LogP contribution in [0.1, 0.15) is 15.9 Å². The Hall–Kier alpha value is -2.67. The SMILES string of the molecule is CN(CC(=O)c1cccc(F)c1)c1ccccc1C#N. The van der Waals surface area contributed by atoms with Gasteiger partial charge in [0.1, 0.15) is 11.9 Å². The monoisotopic (exact) mass is 268 g/mol. The Labute approximate surface area is 116 Å². The number of hydrogen-bond acceptors (Lipinski definition) is 3. The van der Waals surface area contributed by atoms with Crippen molar-refractivity contribution in [1.82, 2.24) is 0 Å². The smallest absolute Gasteiger partial charge is 0.182 e. The van der Waals surface area contributed by atoms with Crippen LogP contribution in [-0.2, 0) is 0 Å². The second-order valence-corrected chi connectivity index (χ2v) is 4.42. The Balaban J connectivity index is 2.18. The highest BCUT2D eigenvalue weighted by Gasteiger charge is 2.12. The number of ketones is 1. The third-order valence-electron chi connectivity index (χ3n) is 2.96. The van der Waals surface area contributed by atoms with Gasteiger partial charge in [-0.25, -0.2) is 4.39 Å². The number of likely N-dealkylation sites (N-methyl/N-ethyl adjacent to an activating group) is 1. The Kier molecular flexibility index (Phi) is 4.11. The number of hydrogen-bond donors (Lipinski definition) is 0. The van der Waals surface area contributed by atoms with Gasteiger partial charge in [0.25, 0.3) is 0 Å². The number of carbonyl (C=O) groups is 1. The molecule has 0 aromatic heterocycles. The van der Waals surface area contributed by atoms with Gasteiger partial charge in [0, 0.05) is 12.6 Å². The van der Waals surface area contributed by atoms with Gasteiger partial charge in [-0.15, -0.1) is 0 Å². The molecule has 0 aliphatic carbocycles. The van der Waals surface area contributed by atoms with Crippen molar-refractivity contribution in [2.24, 2.45) is 0 Å².